The Kier molecular flexibility index (Phi) is 5.92. The number of rotatable bonds is 6. The quantitative estimate of drug-likeness (QED) is 0.704. The molecule has 0 aliphatic heterocycles. The Morgan fingerprint density at radius 2 is 1.81 bits per heavy atom. The maximum Gasteiger partial charge on any atom is 0.333 e. The molecule has 4 rings (SSSR count). The lowest BCUT2D eigenvalue weighted by Crippen LogP contribution is -2.33. The first-order valence-electron chi connectivity index (χ1n) is 11.0. The van der Waals surface area contributed by atoms with Gasteiger partial charge < -0.3 is 9.88 Å². The van der Waals surface area contributed by atoms with Crippen LogP contribution in [0.3, 0.4) is 0 Å². The molecule has 0 radical (unpaired) electrons. The van der Waals surface area contributed by atoms with Crippen LogP contribution in [0.25, 0.3) is 6.08 Å². The van der Waals surface area contributed by atoms with Gasteiger partial charge in [0.2, 0.25) is 0 Å². The summed E-state index contributed by atoms with van der Waals surface area (Å²) in [4.78, 5) is 16.9. The van der Waals surface area contributed by atoms with E-state index in [-0.39, 0.29) is 5.92 Å². The summed E-state index contributed by atoms with van der Waals surface area (Å²) >= 11 is 0. The van der Waals surface area contributed by atoms with Crippen molar-refractivity contribution in [1.29, 1.82) is 0 Å². The number of carbonyl (C=O) groups is 1. The second-order valence-corrected chi connectivity index (χ2v) is 10.1. The topological polar surface area (TPSA) is 93.1 Å². The maximum absolute atomic E-state index is 12.6. The van der Waals surface area contributed by atoms with Gasteiger partial charge in [0, 0.05) is 24.1 Å². The van der Waals surface area contributed by atoms with Crippen LogP contribution in [0.1, 0.15) is 73.3 Å². The van der Waals surface area contributed by atoms with E-state index < -0.39 is 16.1 Å². The summed E-state index contributed by atoms with van der Waals surface area (Å²) in [6, 6.07) is 1.55. The fourth-order valence-electron chi connectivity index (χ4n) is 4.76. The van der Waals surface area contributed by atoms with E-state index in [4.69, 9.17) is 0 Å². The normalized spacial score (nSPS) is 15.5. The number of sulfonamides is 1. The van der Waals surface area contributed by atoms with Gasteiger partial charge in [-0.05, 0) is 79.7 Å². The maximum atomic E-state index is 12.6. The molecule has 7 nitrogen and oxygen atoms in total. The second-order valence-electron chi connectivity index (χ2n) is 8.58. The molecule has 0 fully saturated rings. The Bertz CT molecular complexity index is 1110. The summed E-state index contributed by atoms with van der Waals surface area (Å²) in [5.41, 5.74) is 6.75. The summed E-state index contributed by atoms with van der Waals surface area (Å²) in [5, 5.41) is 3.86. The zero-order valence-electron chi connectivity index (χ0n) is 18.4. The van der Waals surface area contributed by atoms with Crippen molar-refractivity contribution in [2.75, 3.05) is 5.32 Å². The summed E-state index contributed by atoms with van der Waals surface area (Å²) in [6.45, 7) is 6.81. The average molecular weight is 443 g/mol. The van der Waals surface area contributed by atoms with Crippen LogP contribution in [-0.2, 0) is 42.3 Å². The van der Waals surface area contributed by atoms with Crippen molar-refractivity contribution in [3.8, 4) is 0 Å². The molecule has 0 saturated carbocycles. The molecule has 31 heavy (non-hydrogen) atoms. The molecule has 1 aromatic heterocycles. The number of hydrogen-bond acceptors (Lipinski definition) is 4. The van der Waals surface area contributed by atoms with E-state index in [9.17, 15) is 13.2 Å². The lowest BCUT2D eigenvalue weighted by atomic mass is 9.99. The number of hydrogen-bond donors (Lipinski definition) is 2. The van der Waals surface area contributed by atoms with Crippen LogP contribution in [-0.4, -0.2) is 24.0 Å². The molecule has 0 atom stereocenters. The molecule has 0 saturated heterocycles. The SMILES string of the molecule is CCn1c(C(C)C)cnc1/C=C/S(=O)(=O)NC(=O)Nc1c2c(cc3c1CCC3)CCC2. The van der Waals surface area contributed by atoms with Gasteiger partial charge in [-0.2, -0.15) is 0 Å². The smallest absolute Gasteiger partial charge is 0.329 e. The number of aryl methyl sites for hydroxylation is 2. The molecule has 2 aliphatic carbocycles. The first-order chi connectivity index (χ1) is 14.8. The minimum atomic E-state index is -3.96. The van der Waals surface area contributed by atoms with Gasteiger partial charge in [-0.1, -0.05) is 19.9 Å². The molecule has 1 heterocycles. The summed E-state index contributed by atoms with van der Waals surface area (Å²) < 4.78 is 29.1. The van der Waals surface area contributed by atoms with Gasteiger partial charge >= 0.3 is 6.03 Å². The van der Waals surface area contributed by atoms with Crippen LogP contribution in [0, 0.1) is 0 Å². The van der Waals surface area contributed by atoms with Crippen molar-refractivity contribution in [3.63, 3.8) is 0 Å². The van der Waals surface area contributed by atoms with Crippen molar-refractivity contribution in [2.45, 2.75) is 71.8 Å². The third kappa shape index (κ3) is 4.39. The predicted octanol–water partition coefficient (Wildman–Crippen LogP) is 4.13. The van der Waals surface area contributed by atoms with Crippen LogP contribution in [0.2, 0.25) is 0 Å². The molecule has 2 aromatic rings. The minimum absolute atomic E-state index is 0.282. The van der Waals surface area contributed by atoms with Crippen molar-refractivity contribution in [3.05, 3.63) is 51.4 Å². The summed E-state index contributed by atoms with van der Waals surface area (Å²) in [6.07, 6.45) is 9.20. The Labute approximate surface area is 184 Å². The monoisotopic (exact) mass is 442 g/mol. The second kappa shape index (κ2) is 8.49. The molecule has 2 N–H and O–H groups in total. The van der Waals surface area contributed by atoms with Crippen LogP contribution >= 0.6 is 0 Å². The molecule has 166 valence electrons. The number of imidazole rings is 1. The first-order valence-corrected chi connectivity index (χ1v) is 12.6. The van der Waals surface area contributed by atoms with Gasteiger partial charge in [0.1, 0.15) is 5.82 Å². The van der Waals surface area contributed by atoms with E-state index in [0.29, 0.717) is 12.4 Å². The highest BCUT2D eigenvalue weighted by molar-refractivity contribution is 7.93. The molecular weight excluding hydrogens is 412 g/mol. The lowest BCUT2D eigenvalue weighted by Gasteiger charge is -2.16. The Balaban J connectivity index is 1.50. The standard InChI is InChI=1S/C23H30N4O3S/c1-4-27-20(15(2)3)14-24-21(27)11-12-31(29,30)26-23(28)25-22-18-9-5-7-16(18)13-17-8-6-10-19(17)22/h11-15H,4-10H2,1-3H3,(H2,25,26,28)/b12-11+. The third-order valence-corrected chi connectivity index (χ3v) is 7.13. The molecule has 0 bridgehead atoms. The number of fused-ring (bicyclic) bond motifs is 2. The van der Waals surface area contributed by atoms with E-state index in [1.165, 1.54) is 17.2 Å². The number of carbonyl (C=O) groups excluding carboxylic acids is 1. The van der Waals surface area contributed by atoms with Crippen molar-refractivity contribution < 1.29 is 13.2 Å². The average Bonchev–Trinajstić information content (AvgIpc) is 3.44. The largest absolute Gasteiger partial charge is 0.333 e. The summed E-state index contributed by atoms with van der Waals surface area (Å²) in [5.74, 6) is 0.833. The van der Waals surface area contributed by atoms with Crippen molar-refractivity contribution >= 4 is 27.8 Å². The number of nitrogens with zero attached hydrogens (tertiary/aromatic N) is 2. The first kappa shape index (κ1) is 21.6. The number of amides is 2. The number of urea groups is 1. The fraction of sp³-hybridized carbons (Fsp3) is 0.478. The Morgan fingerprint density at radius 3 is 2.39 bits per heavy atom. The van der Waals surface area contributed by atoms with Crippen molar-refractivity contribution in [1.82, 2.24) is 14.3 Å². The van der Waals surface area contributed by atoms with Gasteiger partial charge in [-0.3, -0.25) is 0 Å². The van der Waals surface area contributed by atoms with Gasteiger partial charge in [-0.25, -0.2) is 22.9 Å². The Hall–Kier alpha value is -2.61. The Morgan fingerprint density at radius 1 is 1.16 bits per heavy atom. The molecule has 2 amide bonds. The van der Waals surface area contributed by atoms with Gasteiger partial charge in [0.05, 0.1) is 5.41 Å². The highest BCUT2D eigenvalue weighted by Gasteiger charge is 2.25. The third-order valence-electron chi connectivity index (χ3n) is 6.17. The van der Waals surface area contributed by atoms with Crippen LogP contribution in [0.4, 0.5) is 10.5 Å². The van der Waals surface area contributed by atoms with E-state index in [0.717, 1.165) is 66.4 Å². The summed E-state index contributed by atoms with van der Waals surface area (Å²) in [7, 11) is -3.96. The van der Waals surface area contributed by atoms with Crippen molar-refractivity contribution in [2.24, 2.45) is 0 Å². The van der Waals surface area contributed by atoms with E-state index in [2.05, 4.69) is 34.9 Å². The molecule has 1 aromatic carbocycles. The van der Waals surface area contributed by atoms with Crippen LogP contribution < -0.4 is 10.0 Å². The van der Waals surface area contributed by atoms with E-state index >= 15 is 0 Å². The minimum Gasteiger partial charge on any atom is -0.329 e. The number of aromatic nitrogens is 2. The zero-order chi connectivity index (χ0) is 22.2. The molecule has 8 heteroatoms. The van der Waals surface area contributed by atoms with Gasteiger partial charge in [0.15, 0.2) is 0 Å². The number of anilines is 1. The van der Waals surface area contributed by atoms with E-state index in [1.54, 1.807) is 6.20 Å². The molecule has 2 aliphatic rings. The van der Waals surface area contributed by atoms with Gasteiger partial charge in [0.25, 0.3) is 10.0 Å². The molecular formula is C23H30N4O3S. The van der Waals surface area contributed by atoms with Gasteiger partial charge in [-0.15, -0.1) is 0 Å². The van der Waals surface area contributed by atoms with Crippen LogP contribution in [0.5, 0.6) is 0 Å². The molecule has 0 spiro atoms. The van der Waals surface area contributed by atoms with E-state index in [1.807, 2.05) is 11.5 Å². The predicted molar refractivity (Wildman–Crippen MR) is 123 cm³/mol. The van der Waals surface area contributed by atoms with Crippen LogP contribution in [0.15, 0.2) is 17.7 Å². The molecule has 0 unspecified atom stereocenters. The lowest BCUT2D eigenvalue weighted by molar-refractivity contribution is 0.256. The highest BCUT2D eigenvalue weighted by Crippen LogP contribution is 2.38. The number of benzene rings is 1. The zero-order valence-corrected chi connectivity index (χ0v) is 19.2. The number of nitrogens with one attached hydrogen (secondary N) is 2. The highest BCUT2D eigenvalue weighted by atomic mass is 32.2. The fourth-order valence-corrected chi connectivity index (χ4v) is 5.44.